The highest BCUT2D eigenvalue weighted by Gasteiger charge is 2.01. The van der Waals surface area contributed by atoms with Crippen LogP contribution in [0.4, 0.5) is 0 Å². The standard InChI is InChI=1S/C12H13NOS/c1-15-9-8-14-11-6-2-4-10-5-3-7-13-12(10)11/h2-7H,8-9H2,1H3. The van der Waals surface area contributed by atoms with Gasteiger partial charge < -0.3 is 4.74 Å². The Morgan fingerprint density at radius 1 is 1.27 bits per heavy atom. The molecule has 0 saturated carbocycles. The minimum absolute atomic E-state index is 0.733. The van der Waals surface area contributed by atoms with Crippen molar-refractivity contribution in [3.8, 4) is 5.75 Å². The molecule has 0 N–H and O–H groups in total. The van der Waals surface area contributed by atoms with Crippen LogP contribution in [0, 0.1) is 0 Å². The molecule has 78 valence electrons. The average Bonchev–Trinajstić information content (AvgIpc) is 2.30. The molecule has 0 unspecified atom stereocenters. The summed E-state index contributed by atoms with van der Waals surface area (Å²) < 4.78 is 5.68. The lowest BCUT2D eigenvalue weighted by Gasteiger charge is -2.07. The van der Waals surface area contributed by atoms with Gasteiger partial charge in [-0.25, -0.2) is 0 Å². The summed E-state index contributed by atoms with van der Waals surface area (Å²) in [4.78, 5) is 4.33. The van der Waals surface area contributed by atoms with E-state index in [1.165, 1.54) is 0 Å². The quantitative estimate of drug-likeness (QED) is 0.738. The Bertz CT molecular complexity index is 439. The number of hydrogen-bond acceptors (Lipinski definition) is 3. The summed E-state index contributed by atoms with van der Waals surface area (Å²) in [5, 5.41) is 1.12. The second kappa shape index (κ2) is 5.03. The Labute approximate surface area is 93.7 Å². The molecule has 0 spiro atoms. The summed E-state index contributed by atoms with van der Waals surface area (Å²) in [6, 6.07) is 10.00. The van der Waals surface area contributed by atoms with Gasteiger partial charge in [-0.15, -0.1) is 0 Å². The van der Waals surface area contributed by atoms with E-state index in [9.17, 15) is 0 Å². The zero-order valence-corrected chi connectivity index (χ0v) is 9.46. The predicted molar refractivity (Wildman–Crippen MR) is 65.6 cm³/mol. The van der Waals surface area contributed by atoms with Gasteiger partial charge in [0.25, 0.3) is 0 Å². The van der Waals surface area contributed by atoms with Crippen LogP contribution >= 0.6 is 11.8 Å². The van der Waals surface area contributed by atoms with Crippen molar-refractivity contribution in [1.29, 1.82) is 0 Å². The number of thioether (sulfide) groups is 1. The second-order valence-electron chi connectivity index (χ2n) is 3.17. The molecule has 2 rings (SSSR count). The van der Waals surface area contributed by atoms with Crippen LogP contribution < -0.4 is 4.74 Å². The van der Waals surface area contributed by atoms with Crippen molar-refractivity contribution in [2.75, 3.05) is 18.6 Å². The fourth-order valence-electron chi connectivity index (χ4n) is 1.43. The van der Waals surface area contributed by atoms with E-state index >= 15 is 0 Å². The zero-order valence-electron chi connectivity index (χ0n) is 8.64. The van der Waals surface area contributed by atoms with Crippen LogP contribution in [0.2, 0.25) is 0 Å². The molecule has 0 aliphatic heterocycles. The van der Waals surface area contributed by atoms with Crippen molar-refractivity contribution < 1.29 is 4.74 Å². The van der Waals surface area contributed by atoms with Crippen LogP contribution in [0.5, 0.6) is 5.75 Å². The number of rotatable bonds is 4. The number of para-hydroxylation sites is 1. The fourth-order valence-corrected chi connectivity index (χ4v) is 1.68. The molecule has 2 aromatic rings. The molecule has 1 heterocycles. The van der Waals surface area contributed by atoms with Crippen molar-refractivity contribution in [2.24, 2.45) is 0 Å². The molecule has 0 amide bonds. The second-order valence-corrected chi connectivity index (χ2v) is 4.16. The molecule has 0 fully saturated rings. The van der Waals surface area contributed by atoms with Crippen LogP contribution in [0.25, 0.3) is 10.9 Å². The summed E-state index contributed by atoms with van der Waals surface area (Å²) in [7, 11) is 0. The Kier molecular flexibility index (Phi) is 3.45. The van der Waals surface area contributed by atoms with Gasteiger partial charge in [-0.2, -0.15) is 11.8 Å². The van der Waals surface area contributed by atoms with E-state index in [1.54, 1.807) is 18.0 Å². The van der Waals surface area contributed by atoms with Crippen molar-refractivity contribution in [3.05, 3.63) is 36.5 Å². The number of pyridine rings is 1. The van der Waals surface area contributed by atoms with Crippen LogP contribution in [-0.2, 0) is 0 Å². The molecule has 1 aromatic heterocycles. The number of hydrogen-bond donors (Lipinski definition) is 0. The Morgan fingerprint density at radius 2 is 2.13 bits per heavy atom. The Balaban J connectivity index is 2.26. The lowest BCUT2D eigenvalue weighted by atomic mass is 10.2. The van der Waals surface area contributed by atoms with E-state index in [2.05, 4.69) is 11.2 Å². The highest BCUT2D eigenvalue weighted by Crippen LogP contribution is 2.22. The monoisotopic (exact) mass is 219 g/mol. The maximum absolute atomic E-state index is 5.68. The normalized spacial score (nSPS) is 10.5. The van der Waals surface area contributed by atoms with Gasteiger partial charge in [0.1, 0.15) is 11.3 Å². The smallest absolute Gasteiger partial charge is 0.145 e. The molecule has 2 nitrogen and oxygen atoms in total. The van der Waals surface area contributed by atoms with Gasteiger partial charge in [0.05, 0.1) is 6.61 Å². The maximum atomic E-state index is 5.68. The van der Waals surface area contributed by atoms with Gasteiger partial charge >= 0.3 is 0 Å². The third-order valence-corrected chi connectivity index (χ3v) is 2.72. The summed E-state index contributed by atoms with van der Waals surface area (Å²) in [6.45, 7) is 0.733. The van der Waals surface area contributed by atoms with Gasteiger partial charge in [-0.05, 0) is 18.4 Å². The van der Waals surface area contributed by atoms with Crippen LogP contribution in [0.1, 0.15) is 0 Å². The summed E-state index contributed by atoms with van der Waals surface area (Å²) >= 11 is 1.78. The van der Waals surface area contributed by atoms with E-state index in [1.807, 2.05) is 30.3 Å². The van der Waals surface area contributed by atoms with Gasteiger partial charge in [-0.1, -0.05) is 18.2 Å². The largest absolute Gasteiger partial charge is 0.490 e. The molecule has 0 bridgehead atoms. The molecule has 0 radical (unpaired) electrons. The van der Waals surface area contributed by atoms with E-state index in [4.69, 9.17) is 4.74 Å². The van der Waals surface area contributed by atoms with Crippen LogP contribution in [0.3, 0.4) is 0 Å². The number of nitrogens with zero attached hydrogens (tertiary/aromatic N) is 1. The van der Waals surface area contributed by atoms with Gasteiger partial charge in [0.2, 0.25) is 0 Å². The van der Waals surface area contributed by atoms with Gasteiger partial charge in [-0.3, -0.25) is 4.98 Å². The Morgan fingerprint density at radius 3 is 3.00 bits per heavy atom. The first-order valence-electron chi connectivity index (χ1n) is 4.87. The highest BCUT2D eigenvalue weighted by molar-refractivity contribution is 7.98. The number of ether oxygens (including phenoxy) is 1. The molecular weight excluding hydrogens is 206 g/mol. The molecule has 0 saturated heterocycles. The lowest BCUT2D eigenvalue weighted by Crippen LogP contribution is -2.00. The summed E-state index contributed by atoms with van der Waals surface area (Å²) in [5.74, 6) is 1.88. The lowest BCUT2D eigenvalue weighted by molar-refractivity contribution is 0.347. The summed E-state index contributed by atoms with van der Waals surface area (Å²) in [5.41, 5.74) is 0.945. The predicted octanol–water partition coefficient (Wildman–Crippen LogP) is 2.98. The topological polar surface area (TPSA) is 22.1 Å². The van der Waals surface area contributed by atoms with Crippen molar-refractivity contribution in [2.45, 2.75) is 0 Å². The first-order chi connectivity index (χ1) is 7.42. The van der Waals surface area contributed by atoms with Crippen molar-refractivity contribution in [1.82, 2.24) is 4.98 Å². The molecule has 0 aliphatic carbocycles. The fraction of sp³-hybridized carbons (Fsp3) is 0.250. The SMILES string of the molecule is CSCCOc1cccc2cccnc12. The van der Waals surface area contributed by atoms with E-state index in [-0.39, 0.29) is 0 Å². The molecule has 0 atom stereocenters. The van der Waals surface area contributed by atoms with Gasteiger partial charge in [0, 0.05) is 17.3 Å². The first-order valence-corrected chi connectivity index (χ1v) is 6.26. The highest BCUT2D eigenvalue weighted by atomic mass is 32.2. The van der Waals surface area contributed by atoms with Gasteiger partial charge in [0.15, 0.2) is 0 Å². The third kappa shape index (κ3) is 2.42. The third-order valence-electron chi connectivity index (χ3n) is 2.14. The number of fused-ring (bicyclic) bond motifs is 1. The molecular formula is C12H13NOS. The van der Waals surface area contributed by atoms with E-state index in [0.717, 1.165) is 29.0 Å². The Hall–Kier alpha value is -1.22. The average molecular weight is 219 g/mol. The zero-order chi connectivity index (χ0) is 10.5. The van der Waals surface area contributed by atoms with Crippen LogP contribution in [-0.4, -0.2) is 23.6 Å². The minimum Gasteiger partial charge on any atom is -0.490 e. The van der Waals surface area contributed by atoms with E-state index in [0.29, 0.717) is 0 Å². The molecule has 3 heteroatoms. The minimum atomic E-state index is 0.733. The van der Waals surface area contributed by atoms with Crippen molar-refractivity contribution in [3.63, 3.8) is 0 Å². The van der Waals surface area contributed by atoms with Crippen molar-refractivity contribution >= 4 is 22.7 Å². The first kappa shape index (κ1) is 10.3. The molecule has 15 heavy (non-hydrogen) atoms. The van der Waals surface area contributed by atoms with Crippen LogP contribution in [0.15, 0.2) is 36.5 Å². The molecule has 1 aromatic carbocycles. The summed E-state index contributed by atoms with van der Waals surface area (Å²) in [6.07, 6.45) is 3.87. The van der Waals surface area contributed by atoms with E-state index < -0.39 is 0 Å². The molecule has 0 aliphatic rings. The maximum Gasteiger partial charge on any atom is 0.145 e. The number of aromatic nitrogens is 1. The number of benzene rings is 1.